The number of rotatable bonds is 6. The molecule has 3 aromatic carbocycles. The zero-order valence-electron chi connectivity index (χ0n) is 16.4. The van der Waals surface area contributed by atoms with Crippen LogP contribution in [0.15, 0.2) is 66.4 Å². The third-order valence-electron chi connectivity index (χ3n) is 4.18. The van der Waals surface area contributed by atoms with Gasteiger partial charge in [-0.3, -0.25) is 19.7 Å². The van der Waals surface area contributed by atoms with Crippen LogP contribution in [0.25, 0.3) is 6.08 Å². The summed E-state index contributed by atoms with van der Waals surface area (Å²) in [5.74, 6) is -2.21. The lowest BCUT2D eigenvalue weighted by Gasteiger charge is -2.12. The number of hydrogen-bond acceptors (Lipinski definition) is 4. The van der Waals surface area contributed by atoms with Crippen LogP contribution in [0.2, 0.25) is 15.1 Å². The van der Waals surface area contributed by atoms with Crippen molar-refractivity contribution in [3.63, 3.8) is 0 Å². The Morgan fingerprint density at radius 2 is 1.67 bits per heavy atom. The zero-order chi connectivity index (χ0) is 24.1. The highest BCUT2D eigenvalue weighted by molar-refractivity contribution is 6.35. The SMILES string of the molecule is O=C(Nc1cc(Cl)cc(Cl)c1)C(=Cc1cccc([N+](=O)[O-])c1)NC(=O)c1ccc(F)cc1Cl. The molecule has 0 spiro atoms. The van der Waals surface area contributed by atoms with Crippen LogP contribution >= 0.6 is 34.8 Å². The van der Waals surface area contributed by atoms with Gasteiger partial charge >= 0.3 is 0 Å². The fourth-order valence-corrected chi connectivity index (χ4v) is 3.52. The molecule has 0 aliphatic carbocycles. The minimum absolute atomic E-state index is 0.0818. The number of carbonyl (C=O) groups excluding carboxylic acids is 2. The maximum absolute atomic E-state index is 13.3. The maximum atomic E-state index is 13.3. The fraction of sp³-hybridized carbons (Fsp3) is 0. The second kappa shape index (κ2) is 10.4. The number of hydrogen-bond donors (Lipinski definition) is 2. The van der Waals surface area contributed by atoms with E-state index >= 15 is 0 Å². The first-order valence-corrected chi connectivity index (χ1v) is 10.3. The Kier molecular flexibility index (Phi) is 7.65. The first-order valence-electron chi connectivity index (χ1n) is 9.12. The summed E-state index contributed by atoms with van der Waals surface area (Å²) in [4.78, 5) is 36.2. The van der Waals surface area contributed by atoms with Gasteiger partial charge < -0.3 is 10.6 Å². The summed E-state index contributed by atoms with van der Waals surface area (Å²) < 4.78 is 13.3. The van der Waals surface area contributed by atoms with Crippen LogP contribution in [-0.4, -0.2) is 16.7 Å². The number of nitro groups is 1. The molecule has 3 rings (SSSR count). The van der Waals surface area contributed by atoms with Gasteiger partial charge in [-0.1, -0.05) is 46.9 Å². The molecule has 0 heterocycles. The van der Waals surface area contributed by atoms with Crippen LogP contribution in [0.4, 0.5) is 15.8 Å². The van der Waals surface area contributed by atoms with Gasteiger partial charge in [0.15, 0.2) is 0 Å². The van der Waals surface area contributed by atoms with E-state index in [1.165, 1.54) is 48.5 Å². The average molecular weight is 509 g/mol. The van der Waals surface area contributed by atoms with E-state index in [1.54, 1.807) is 0 Å². The lowest BCUT2D eigenvalue weighted by molar-refractivity contribution is -0.384. The van der Waals surface area contributed by atoms with Crippen molar-refractivity contribution in [3.05, 3.63) is 108 Å². The van der Waals surface area contributed by atoms with E-state index < -0.39 is 22.6 Å². The molecule has 0 aromatic heterocycles. The number of benzene rings is 3. The third-order valence-corrected chi connectivity index (χ3v) is 4.93. The summed E-state index contributed by atoms with van der Waals surface area (Å²) in [6, 6.07) is 12.9. The van der Waals surface area contributed by atoms with Crippen LogP contribution in [0.5, 0.6) is 0 Å². The molecular formula is C22H13Cl3FN3O4. The molecule has 0 fully saturated rings. The van der Waals surface area contributed by atoms with Crippen molar-refractivity contribution in [1.29, 1.82) is 0 Å². The van der Waals surface area contributed by atoms with Gasteiger partial charge in [-0.05, 0) is 48.0 Å². The quantitative estimate of drug-likeness (QED) is 0.238. The van der Waals surface area contributed by atoms with Gasteiger partial charge in [0.05, 0.1) is 15.5 Å². The van der Waals surface area contributed by atoms with Crippen molar-refractivity contribution in [2.45, 2.75) is 0 Å². The molecule has 2 amide bonds. The van der Waals surface area contributed by atoms with E-state index in [4.69, 9.17) is 34.8 Å². The number of carbonyl (C=O) groups is 2. The predicted octanol–water partition coefficient (Wildman–Crippen LogP) is 6.10. The van der Waals surface area contributed by atoms with Gasteiger partial charge in [0, 0.05) is 27.9 Å². The Hall–Kier alpha value is -3.46. The second-order valence-electron chi connectivity index (χ2n) is 6.60. The molecule has 168 valence electrons. The Balaban J connectivity index is 1.97. The summed E-state index contributed by atoms with van der Waals surface area (Å²) in [7, 11) is 0. The summed E-state index contributed by atoms with van der Waals surface area (Å²) >= 11 is 17.9. The Bertz CT molecular complexity index is 1280. The van der Waals surface area contributed by atoms with E-state index in [9.17, 15) is 24.1 Å². The smallest absolute Gasteiger partial charge is 0.272 e. The highest BCUT2D eigenvalue weighted by Gasteiger charge is 2.18. The van der Waals surface area contributed by atoms with Crippen molar-refractivity contribution < 1.29 is 18.9 Å². The van der Waals surface area contributed by atoms with Gasteiger partial charge in [0.1, 0.15) is 11.5 Å². The van der Waals surface area contributed by atoms with E-state index in [2.05, 4.69) is 10.6 Å². The Morgan fingerprint density at radius 1 is 0.970 bits per heavy atom. The van der Waals surface area contributed by atoms with Gasteiger partial charge in [0.25, 0.3) is 17.5 Å². The van der Waals surface area contributed by atoms with Crippen molar-refractivity contribution in [2.24, 2.45) is 0 Å². The molecule has 11 heteroatoms. The summed E-state index contributed by atoms with van der Waals surface area (Å²) in [6.45, 7) is 0. The Labute approximate surface area is 201 Å². The third kappa shape index (κ3) is 6.52. The fourth-order valence-electron chi connectivity index (χ4n) is 2.74. The number of halogens is 4. The van der Waals surface area contributed by atoms with Crippen LogP contribution in [0.1, 0.15) is 15.9 Å². The molecule has 0 radical (unpaired) electrons. The molecule has 0 saturated carbocycles. The highest BCUT2D eigenvalue weighted by atomic mass is 35.5. The van der Waals surface area contributed by atoms with Crippen LogP contribution < -0.4 is 10.6 Å². The van der Waals surface area contributed by atoms with Crippen LogP contribution in [0.3, 0.4) is 0 Å². The lowest BCUT2D eigenvalue weighted by Crippen LogP contribution is -2.31. The van der Waals surface area contributed by atoms with E-state index in [-0.39, 0.29) is 43.3 Å². The zero-order valence-corrected chi connectivity index (χ0v) is 18.7. The van der Waals surface area contributed by atoms with Gasteiger partial charge in [-0.15, -0.1) is 0 Å². The molecule has 0 aliphatic rings. The standard InChI is InChI=1S/C22H13Cl3FN3O4/c23-13-8-14(24)10-16(9-13)27-22(31)20(7-12-2-1-3-17(6-12)29(32)33)28-21(30)18-5-4-15(26)11-19(18)25/h1-11H,(H,27,31)(H,28,30). The molecular weight excluding hydrogens is 496 g/mol. The molecule has 0 aliphatic heterocycles. The van der Waals surface area contributed by atoms with E-state index in [0.717, 1.165) is 18.2 Å². The molecule has 2 N–H and O–H groups in total. The van der Waals surface area contributed by atoms with Crippen molar-refractivity contribution in [2.75, 3.05) is 5.32 Å². The van der Waals surface area contributed by atoms with Crippen LogP contribution in [0, 0.1) is 15.9 Å². The van der Waals surface area contributed by atoms with E-state index in [1.807, 2.05) is 0 Å². The van der Waals surface area contributed by atoms with Crippen molar-refractivity contribution in [3.8, 4) is 0 Å². The van der Waals surface area contributed by atoms with Gasteiger partial charge in [-0.25, -0.2) is 4.39 Å². The summed E-state index contributed by atoms with van der Waals surface area (Å²) in [6.07, 6.45) is 1.24. The minimum Gasteiger partial charge on any atom is -0.321 e. The molecule has 0 saturated heterocycles. The number of amides is 2. The number of anilines is 1. The largest absolute Gasteiger partial charge is 0.321 e. The number of non-ortho nitro benzene ring substituents is 1. The van der Waals surface area contributed by atoms with E-state index in [0.29, 0.717) is 0 Å². The highest BCUT2D eigenvalue weighted by Crippen LogP contribution is 2.24. The van der Waals surface area contributed by atoms with Gasteiger partial charge in [0.2, 0.25) is 0 Å². The van der Waals surface area contributed by atoms with Gasteiger partial charge in [-0.2, -0.15) is 0 Å². The maximum Gasteiger partial charge on any atom is 0.272 e. The first-order chi connectivity index (χ1) is 15.6. The summed E-state index contributed by atoms with van der Waals surface area (Å²) in [5, 5.41) is 16.4. The number of nitrogens with zero attached hydrogens (tertiary/aromatic N) is 1. The monoisotopic (exact) mass is 507 g/mol. The first kappa shape index (κ1) is 24.2. The summed E-state index contributed by atoms with van der Waals surface area (Å²) in [5.41, 5.74) is -0.0443. The van der Waals surface area contributed by atoms with Crippen molar-refractivity contribution in [1.82, 2.24) is 5.32 Å². The molecule has 0 atom stereocenters. The second-order valence-corrected chi connectivity index (χ2v) is 7.88. The lowest BCUT2D eigenvalue weighted by atomic mass is 10.1. The predicted molar refractivity (Wildman–Crippen MR) is 125 cm³/mol. The molecule has 33 heavy (non-hydrogen) atoms. The minimum atomic E-state index is -0.795. The Morgan fingerprint density at radius 3 is 2.30 bits per heavy atom. The molecule has 3 aromatic rings. The number of nitrogens with one attached hydrogen (secondary N) is 2. The molecule has 0 unspecified atom stereocenters. The topological polar surface area (TPSA) is 101 Å². The average Bonchev–Trinajstić information content (AvgIpc) is 2.72. The van der Waals surface area contributed by atoms with Crippen LogP contribution in [-0.2, 0) is 4.79 Å². The molecule has 7 nitrogen and oxygen atoms in total. The van der Waals surface area contributed by atoms with Crippen molar-refractivity contribution >= 4 is 64.1 Å². The number of nitro benzene ring substituents is 1. The normalized spacial score (nSPS) is 11.1. The molecule has 0 bridgehead atoms.